The Balaban J connectivity index is 1.69. The van der Waals surface area contributed by atoms with Crippen molar-refractivity contribution in [2.45, 2.75) is 6.42 Å². The Morgan fingerprint density at radius 2 is 2.06 bits per heavy atom. The number of hydrogen-bond donors (Lipinski definition) is 0. The van der Waals surface area contributed by atoms with Gasteiger partial charge >= 0.3 is 0 Å². The van der Waals surface area contributed by atoms with Crippen molar-refractivity contribution in [3.63, 3.8) is 0 Å². The molecule has 3 nitrogen and oxygen atoms in total. The summed E-state index contributed by atoms with van der Waals surface area (Å²) in [6.07, 6.45) is 0.818. The molecule has 1 aromatic rings. The summed E-state index contributed by atoms with van der Waals surface area (Å²) < 4.78 is 5.70. The van der Waals surface area contributed by atoms with Gasteiger partial charge in [0.1, 0.15) is 12.4 Å². The van der Waals surface area contributed by atoms with E-state index in [0.717, 1.165) is 42.3 Å². The van der Waals surface area contributed by atoms with Gasteiger partial charge in [-0.15, -0.1) is 0 Å². The van der Waals surface area contributed by atoms with E-state index in [9.17, 15) is 4.79 Å². The number of amides is 1. The minimum absolute atomic E-state index is 0.00278. The van der Waals surface area contributed by atoms with Crippen LogP contribution < -0.4 is 4.74 Å². The van der Waals surface area contributed by atoms with Crippen molar-refractivity contribution in [1.29, 1.82) is 0 Å². The van der Waals surface area contributed by atoms with Crippen LogP contribution in [0.5, 0.6) is 5.75 Å². The van der Waals surface area contributed by atoms with Gasteiger partial charge in [-0.1, -0.05) is 18.2 Å². The van der Waals surface area contributed by atoms with Crippen LogP contribution in [0.25, 0.3) is 0 Å². The maximum absolute atomic E-state index is 12.4. The monoisotopic (exact) mass is 263 g/mol. The SMILES string of the molecule is O=C(C1COc2ccccc2C1)N1CCSCC1. The third kappa shape index (κ3) is 2.34. The third-order valence-corrected chi connectivity index (χ3v) is 4.49. The molecule has 18 heavy (non-hydrogen) atoms. The van der Waals surface area contributed by atoms with Crippen molar-refractivity contribution in [3.05, 3.63) is 29.8 Å². The van der Waals surface area contributed by atoms with Gasteiger partial charge in [-0.2, -0.15) is 11.8 Å². The molecular weight excluding hydrogens is 246 g/mol. The second-order valence-corrected chi connectivity index (χ2v) is 5.98. The lowest BCUT2D eigenvalue weighted by Crippen LogP contribution is -2.44. The van der Waals surface area contributed by atoms with E-state index < -0.39 is 0 Å². The normalized spacial score (nSPS) is 23.1. The van der Waals surface area contributed by atoms with Gasteiger partial charge in [0, 0.05) is 24.6 Å². The standard InChI is InChI=1S/C14H17NO2S/c16-14(15-5-7-18-8-6-15)12-9-11-3-1-2-4-13(11)17-10-12/h1-4,12H,5-10H2. The van der Waals surface area contributed by atoms with E-state index in [0.29, 0.717) is 6.61 Å². The van der Waals surface area contributed by atoms with Gasteiger partial charge in [0.15, 0.2) is 0 Å². The lowest BCUT2D eigenvalue weighted by molar-refractivity contribution is -0.136. The van der Waals surface area contributed by atoms with E-state index >= 15 is 0 Å². The Bertz CT molecular complexity index is 443. The molecule has 0 aromatic heterocycles. The zero-order chi connectivity index (χ0) is 12.4. The predicted molar refractivity (Wildman–Crippen MR) is 73.0 cm³/mol. The fraction of sp³-hybridized carbons (Fsp3) is 0.500. The summed E-state index contributed by atoms with van der Waals surface area (Å²) in [5.41, 5.74) is 1.16. The van der Waals surface area contributed by atoms with Crippen LogP contribution in [0.2, 0.25) is 0 Å². The van der Waals surface area contributed by atoms with Gasteiger partial charge in [0.2, 0.25) is 5.91 Å². The molecule has 1 unspecified atom stereocenters. The zero-order valence-corrected chi connectivity index (χ0v) is 11.1. The molecule has 2 heterocycles. The molecule has 2 aliphatic rings. The molecule has 1 aromatic carbocycles. The maximum Gasteiger partial charge on any atom is 0.229 e. The molecule has 3 rings (SSSR count). The summed E-state index contributed by atoms with van der Waals surface area (Å²) in [7, 11) is 0. The highest BCUT2D eigenvalue weighted by Crippen LogP contribution is 2.28. The number of benzene rings is 1. The third-order valence-electron chi connectivity index (χ3n) is 3.55. The fourth-order valence-electron chi connectivity index (χ4n) is 2.53. The van der Waals surface area contributed by atoms with Crippen LogP contribution in [0, 0.1) is 5.92 Å². The molecule has 2 aliphatic heterocycles. The lowest BCUT2D eigenvalue weighted by atomic mass is 9.95. The first-order valence-corrected chi connectivity index (χ1v) is 7.57. The van der Waals surface area contributed by atoms with Crippen molar-refractivity contribution in [2.75, 3.05) is 31.2 Å². The molecule has 0 radical (unpaired) electrons. The molecule has 1 saturated heterocycles. The van der Waals surface area contributed by atoms with Crippen molar-refractivity contribution >= 4 is 17.7 Å². The Morgan fingerprint density at radius 3 is 2.89 bits per heavy atom. The van der Waals surface area contributed by atoms with Crippen molar-refractivity contribution in [2.24, 2.45) is 5.92 Å². The number of para-hydroxylation sites is 1. The summed E-state index contributed by atoms with van der Waals surface area (Å²) in [6.45, 7) is 2.31. The van der Waals surface area contributed by atoms with Gasteiger partial charge in [-0.3, -0.25) is 4.79 Å². The highest BCUT2D eigenvalue weighted by Gasteiger charge is 2.29. The molecule has 0 bridgehead atoms. The van der Waals surface area contributed by atoms with Gasteiger partial charge in [-0.05, 0) is 18.1 Å². The van der Waals surface area contributed by atoms with Crippen LogP contribution in [0.15, 0.2) is 24.3 Å². The second kappa shape index (κ2) is 5.22. The van der Waals surface area contributed by atoms with E-state index in [1.54, 1.807) is 0 Å². The Kier molecular flexibility index (Phi) is 3.46. The number of nitrogens with zero attached hydrogens (tertiary/aromatic N) is 1. The number of carbonyl (C=O) groups is 1. The number of rotatable bonds is 1. The lowest BCUT2D eigenvalue weighted by Gasteiger charge is -2.32. The van der Waals surface area contributed by atoms with Gasteiger partial charge in [0.05, 0.1) is 5.92 Å². The first kappa shape index (κ1) is 11.9. The molecule has 0 N–H and O–H groups in total. The number of fused-ring (bicyclic) bond motifs is 1. The smallest absolute Gasteiger partial charge is 0.229 e. The molecule has 0 aliphatic carbocycles. The van der Waals surface area contributed by atoms with E-state index in [-0.39, 0.29) is 11.8 Å². The molecule has 1 atom stereocenters. The van der Waals surface area contributed by atoms with Crippen molar-refractivity contribution in [1.82, 2.24) is 4.90 Å². The summed E-state index contributed by atoms with van der Waals surface area (Å²) in [5.74, 6) is 3.34. The van der Waals surface area contributed by atoms with E-state index in [1.165, 1.54) is 0 Å². The van der Waals surface area contributed by atoms with Gasteiger partial charge in [0.25, 0.3) is 0 Å². The van der Waals surface area contributed by atoms with E-state index in [4.69, 9.17) is 4.74 Å². The zero-order valence-electron chi connectivity index (χ0n) is 10.3. The first-order valence-electron chi connectivity index (χ1n) is 6.42. The average molecular weight is 263 g/mol. The van der Waals surface area contributed by atoms with Crippen LogP contribution in [0.4, 0.5) is 0 Å². The summed E-state index contributed by atoms with van der Waals surface area (Å²) >= 11 is 1.93. The van der Waals surface area contributed by atoms with Crippen LogP contribution >= 0.6 is 11.8 Å². The van der Waals surface area contributed by atoms with Crippen LogP contribution in [0.1, 0.15) is 5.56 Å². The highest BCUT2D eigenvalue weighted by molar-refractivity contribution is 7.99. The predicted octanol–water partition coefficient (Wildman–Crippen LogP) is 1.81. The number of carbonyl (C=O) groups excluding carboxylic acids is 1. The first-order chi connectivity index (χ1) is 8.84. The average Bonchev–Trinajstić information content (AvgIpc) is 2.47. The molecule has 1 fully saturated rings. The van der Waals surface area contributed by atoms with E-state index in [1.807, 2.05) is 34.9 Å². The Labute approximate surface area is 111 Å². The topological polar surface area (TPSA) is 29.5 Å². The highest BCUT2D eigenvalue weighted by atomic mass is 32.2. The van der Waals surface area contributed by atoms with Crippen molar-refractivity contribution in [3.8, 4) is 5.75 Å². The van der Waals surface area contributed by atoms with Gasteiger partial charge in [-0.25, -0.2) is 0 Å². The van der Waals surface area contributed by atoms with Gasteiger partial charge < -0.3 is 9.64 Å². The number of thioether (sulfide) groups is 1. The van der Waals surface area contributed by atoms with E-state index in [2.05, 4.69) is 6.07 Å². The van der Waals surface area contributed by atoms with Crippen LogP contribution in [0.3, 0.4) is 0 Å². The number of hydrogen-bond acceptors (Lipinski definition) is 3. The van der Waals surface area contributed by atoms with Crippen molar-refractivity contribution < 1.29 is 9.53 Å². The Hall–Kier alpha value is -1.16. The quantitative estimate of drug-likeness (QED) is 0.774. The number of ether oxygens (including phenoxy) is 1. The molecular formula is C14H17NO2S. The summed E-state index contributed by atoms with van der Waals surface area (Å²) in [6, 6.07) is 8.02. The minimum atomic E-state index is 0.00278. The Morgan fingerprint density at radius 1 is 1.28 bits per heavy atom. The minimum Gasteiger partial charge on any atom is -0.492 e. The molecule has 0 spiro atoms. The molecule has 1 amide bonds. The second-order valence-electron chi connectivity index (χ2n) is 4.76. The van der Waals surface area contributed by atoms with Crippen LogP contribution in [-0.2, 0) is 11.2 Å². The molecule has 0 saturated carbocycles. The largest absolute Gasteiger partial charge is 0.492 e. The summed E-state index contributed by atoms with van der Waals surface area (Å²) in [5, 5.41) is 0. The van der Waals surface area contributed by atoms with Crippen LogP contribution in [-0.4, -0.2) is 42.0 Å². The summed E-state index contributed by atoms with van der Waals surface area (Å²) in [4.78, 5) is 14.4. The fourth-order valence-corrected chi connectivity index (χ4v) is 3.43. The molecule has 96 valence electrons. The maximum atomic E-state index is 12.4. The molecule has 4 heteroatoms.